The Morgan fingerprint density at radius 2 is 1.82 bits per heavy atom. The average Bonchev–Trinajstić information content (AvgIpc) is 3.00. The van der Waals surface area contributed by atoms with Crippen molar-refractivity contribution in [2.24, 2.45) is 0 Å². The van der Waals surface area contributed by atoms with Crippen LogP contribution in [0.1, 0.15) is 17.0 Å². The van der Waals surface area contributed by atoms with Crippen molar-refractivity contribution in [3.63, 3.8) is 0 Å². The van der Waals surface area contributed by atoms with E-state index in [1.54, 1.807) is 7.11 Å². The van der Waals surface area contributed by atoms with Gasteiger partial charge in [0.2, 0.25) is 5.91 Å². The highest BCUT2D eigenvalue weighted by molar-refractivity contribution is 5.79. The summed E-state index contributed by atoms with van der Waals surface area (Å²) >= 11 is 0. The third-order valence-electron chi connectivity index (χ3n) is 4.51. The summed E-state index contributed by atoms with van der Waals surface area (Å²) in [6.45, 7) is 4.74. The van der Waals surface area contributed by atoms with Gasteiger partial charge in [-0.05, 0) is 38.1 Å². The van der Waals surface area contributed by atoms with E-state index in [-0.39, 0.29) is 5.91 Å². The molecule has 0 saturated heterocycles. The maximum atomic E-state index is 12.4. The summed E-state index contributed by atoms with van der Waals surface area (Å²) in [4.78, 5) is 12.4. The monoisotopic (exact) mass is 379 g/mol. The number of rotatable bonds is 8. The summed E-state index contributed by atoms with van der Waals surface area (Å²) in [5, 5.41) is 7.49. The van der Waals surface area contributed by atoms with E-state index in [0.717, 1.165) is 28.4 Å². The highest BCUT2D eigenvalue weighted by Crippen LogP contribution is 2.19. The minimum absolute atomic E-state index is 0.0481. The minimum Gasteiger partial charge on any atom is -0.497 e. The number of benzene rings is 2. The lowest BCUT2D eigenvalue weighted by Gasteiger charge is -2.09. The SMILES string of the molecule is COc1cccc(OCCNC(=O)Cc2c(C)nn(-c3ccccc3)c2C)c1. The van der Waals surface area contributed by atoms with E-state index in [1.807, 2.05) is 73.1 Å². The van der Waals surface area contributed by atoms with Crippen LogP contribution in [0, 0.1) is 13.8 Å². The lowest BCUT2D eigenvalue weighted by molar-refractivity contribution is -0.120. The quantitative estimate of drug-likeness (QED) is 0.610. The Morgan fingerprint density at radius 1 is 1.07 bits per heavy atom. The number of nitrogens with zero attached hydrogens (tertiary/aromatic N) is 2. The number of carbonyl (C=O) groups excluding carboxylic acids is 1. The standard InChI is InChI=1S/C22H25N3O3/c1-16-21(17(2)25(24-16)18-8-5-4-6-9-18)15-22(26)23-12-13-28-20-11-7-10-19(14-20)27-3/h4-11,14H,12-13,15H2,1-3H3,(H,23,26). The first kappa shape index (κ1) is 19.5. The van der Waals surface area contributed by atoms with Crippen LogP contribution in [0.15, 0.2) is 54.6 Å². The first-order chi connectivity index (χ1) is 13.6. The van der Waals surface area contributed by atoms with Crippen molar-refractivity contribution in [1.82, 2.24) is 15.1 Å². The molecule has 0 radical (unpaired) electrons. The van der Waals surface area contributed by atoms with Gasteiger partial charge >= 0.3 is 0 Å². The molecule has 3 rings (SSSR count). The Bertz CT molecular complexity index is 935. The molecule has 1 heterocycles. The van der Waals surface area contributed by atoms with Gasteiger partial charge in [0.1, 0.15) is 18.1 Å². The molecule has 0 spiro atoms. The number of carbonyl (C=O) groups is 1. The number of hydrogen-bond acceptors (Lipinski definition) is 4. The number of hydrogen-bond donors (Lipinski definition) is 1. The molecular weight excluding hydrogens is 354 g/mol. The van der Waals surface area contributed by atoms with E-state index < -0.39 is 0 Å². The zero-order chi connectivity index (χ0) is 19.9. The molecule has 0 aliphatic carbocycles. The number of para-hydroxylation sites is 1. The van der Waals surface area contributed by atoms with Crippen LogP contribution in [0.4, 0.5) is 0 Å². The predicted octanol–water partition coefficient (Wildman–Crippen LogP) is 3.24. The summed E-state index contributed by atoms with van der Waals surface area (Å²) in [7, 11) is 1.61. The Kier molecular flexibility index (Phi) is 6.32. The molecule has 0 saturated carbocycles. The Balaban J connectivity index is 1.53. The lowest BCUT2D eigenvalue weighted by Crippen LogP contribution is -2.29. The average molecular weight is 379 g/mol. The molecule has 0 atom stereocenters. The van der Waals surface area contributed by atoms with Crippen LogP contribution >= 0.6 is 0 Å². The molecule has 0 aliphatic rings. The molecule has 3 aromatic rings. The number of amides is 1. The van der Waals surface area contributed by atoms with Gasteiger partial charge in [-0.15, -0.1) is 0 Å². The van der Waals surface area contributed by atoms with E-state index in [0.29, 0.717) is 25.3 Å². The van der Waals surface area contributed by atoms with E-state index in [1.165, 1.54) is 0 Å². The highest BCUT2D eigenvalue weighted by atomic mass is 16.5. The van der Waals surface area contributed by atoms with Gasteiger partial charge in [-0.1, -0.05) is 24.3 Å². The second-order valence-electron chi connectivity index (χ2n) is 6.45. The number of nitrogens with one attached hydrogen (secondary N) is 1. The Labute approximate surface area is 165 Å². The third kappa shape index (κ3) is 4.71. The van der Waals surface area contributed by atoms with Crippen molar-refractivity contribution in [3.8, 4) is 17.2 Å². The van der Waals surface area contributed by atoms with Crippen molar-refractivity contribution in [3.05, 3.63) is 71.5 Å². The third-order valence-corrected chi connectivity index (χ3v) is 4.51. The molecule has 146 valence electrons. The van der Waals surface area contributed by atoms with Gasteiger partial charge in [-0.3, -0.25) is 4.79 Å². The summed E-state index contributed by atoms with van der Waals surface area (Å²) in [5.41, 5.74) is 3.78. The molecule has 6 nitrogen and oxygen atoms in total. The van der Waals surface area contributed by atoms with Crippen molar-refractivity contribution in [2.75, 3.05) is 20.3 Å². The van der Waals surface area contributed by atoms with E-state index in [2.05, 4.69) is 10.4 Å². The topological polar surface area (TPSA) is 65.4 Å². The molecule has 0 fully saturated rings. The van der Waals surface area contributed by atoms with Crippen molar-refractivity contribution >= 4 is 5.91 Å². The largest absolute Gasteiger partial charge is 0.497 e. The molecule has 1 amide bonds. The maximum Gasteiger partial charge on any atom is 0.224 e. The number of aryl methyl sites for hydroxylation is 1. The number of aromatic nitrogens is 2. The highest BCUT2D eigenvalue weighted by Gasteiger charge is 2.15. The molecule has 28 heavy (non-hydrogen) atoms. The van der Waals surface area contributed by atoms with Crippen LogP contribution in [-0.4, -0.2) is 35.9 Å². The summed E-state index contributed by atoms with van der Waals surface area (Å²) in [6, 6.07) is 17.3. The van der Waals surface area contributed by atoms with Crippen LogP contribution in [-0.2, 0) is 11.2 Å². The van der Waals surface area contributed by atoms with Crippen molar-refractivity contribution in [2.45, 2.75) is 20.3 Å². The van der Waals surface area contributed by atoms with E-state index in [4.69, 9.17) is 9.47 Å². The van der Waals surface area contributed by atoms with Gasteiger partial charge in [-0.25, -0.2) is 4.68 Å². The van der Waals surface area contributed by atoms with Crippen molar-refractivity contribution < 1.29 is 14.3 Å². The van der Waals surface area contributed by atoms with E-state index in [9.17, 15) is 4.79 Å². The Hall–Kier alpha value is -3.28. The van der Waals surface area contributed by atoms with Gasteiger partial charge in [0, 0.05) is 17.3 Å². The second kappa shape index (κ2) is 9.08. The fourth-order valence-corrected chi connectivity index (χ4v) is 3.02. The van der Waals surface area contributed by atoms with Gasteiger partial charge < -0.3 is 14.8 Å². The smallest absolute Gasteiger partial charge is 0.224 e. The molecule has 0 unspecified atom stereocenters. The number of methoxy groups -OCH3 is 1. The first-order valence-electron chi connectivity index (χ1n) is 9.22. The van der Waals surface area contributed by atoms with Crippen LogP contribution in [0.2, 0.25) is 0 Å². The summed E-state index contributed by atoms with van der Waals surface area (Å²) in [5.74, 6) is 1.40. The second-order valence-corrected chi connectivity index (χ2v) is 6.45. The van der Waals surface area contributed by atoms with Crippen LogP contribution in [0.5, 0.6) is 11.5 Å². The maximum absolute atomic E-state index is 12.4. The van der Waals surface area contributed by atoms with Gasteiger partial charge in [-0.2, -0.15) is 5.10 Å². The Morgan fingerprint density at radius 3 is 2.57 bits per heavy atom. The van der Waals surface area contributed by atoms with Crippen LogP contribution in [0.25, 0.3) is 5.69 Å². The summed E-state index contributed by atoms with van der Waals surface area (Å²) in [6.07, 6.45) is 0.295. The first-order valence-corrected chi connectivity index (χ1v) is 9.22. The molecule has 0 bridgehead atoms. The molecule has 2 aromatic carbocycles. The normalized spacial score (nSPS) is 10.5. The van der Waals surface area contributed by atoms with Gasteiger partial charge in [0.15, 0.2) is 0 Å². The number of ether oxygens (including phenoxy) is 2. The van der Waals surface area contributed by atoms with Gasteiger partial charge in [0.05, 0.1) is 31.5 Å². The fourth-order valence-electron chi connectivity index (χ4n) is 3.02. The molecular formula is C22H25N3O3. The molecule has 6 heteroatoms. The fraction of sp³-hybridized carbons (Fsp3) is 0.273. The lowest BCUT2D eigenvalue weighted by atomic mass is 10.1. The summed E-state index contributed by atoms with van der Waals surface area (Å²) < 4.78 is 12.7. The van der Waals surface area contributed by atoms with Crippen LogP contribution in [0.3, 0.4) is 0 Å². The zero-order valence-corrected chi connectivity index (χ0v) is 16.4. The van der Waals surface area contributed by atoms with E-state index >= 15 is 0 Å². The molecule has 1 aromatic heterocycles. The molecule has 1 N–H and O–H groups in total. The predicted molar refractivity (Wildman–Crippen MR) is 108 cm³/mol. The zero-order valence-electron chi connectivity index (χ0n) is 16.4. The minimum atomic E-state index is -0.0481. The van der Waals surface area contributed by atoms with Crippen LogP contribution < -0.4 is 14.8 Å². The van der Waals surface area contributed by atoms with Gasteiger partial charge in [0.25, 0.3) is 0 Å². The molecule has 0 aliphatic heterocycles. The van der Waals surface area contributed by atoms with Crippen molar-refractivity contribution in [1.29, 1.82) is 0 Å².